The first-order chi connectivity index (χ1) is 13.6. The number of rotatable bonds is 7. The molecular formula is C21H19N3O3S. The summed E-state index contributed by atoms with van der Waals surface area (Å²) in [5, 5.41) is 8.93. The molecule has 7 heteroatoms. The van der Waals surface area contributed by atoms with Crippen molar-refractivity contribution in [3.63, 3.8) is 0 Å². The summed E-state index contributed by atoms with van der Waals surface area (Å²) in [6.07, 6.45) is 1.75. The summed E-state index contributed by atoms with van der Waals surface area (Å²) in [6, 6.07) is 15.5. The standard InChI is InChI=1S/C21H19N3O3S/c1-13-6-5-7-15(10-13)26-12-19-23-24-21(27-19)28-14(2)20(25)17-11-22-18-9-4-3-8-16(17)18/h3-11,14,22H,12H2,1-2H3/t14-/m1/s1. The number of hydrogen-bond acceptors (Lipinski definition) is 6. The largest absolute Gasteiger partial charge is 0.484 e. The molecule has 4 aromatic rings. The number of fused-ring (bicyclic) bond motifs is 1. The second kappa shape index (κ2) is 7.90. The molecule has 0 aliphatic carbocycles. The Kier molecular flexibility index (Phi) is 5.16. The summed E-state index contributed by atoms with van der Waals surface area (Å²) in [6.45, 7) is 4.02. The molecule has 2 heterocycles. The number of benzene rings is 2. The van der Waals surface area contributed by atoms with Gasteiger partial charge in [-0.1, -0.05) is 42.1 Å². The van der Waals surface area contributed by atoms with Crippen LogP contribution in [-0.2, 0) is 6.61 Å². The van der Waals surface area contributed by atoms with Crippen LogP contribution < -0.4 is 4.74 Å². The number of thioether (sulfide) groups is 1. The monoisotopic (exact) mass is 393 g/mol. The third-order valence-electron chi connectivity index (χ3n) is 4.30. The number of hydrogen-bond donors (Lipinski definition) is 1. The van der Waals surface area contributed by atoms with E-state index in [0.29, 0.717) is 16.7 Å². The lowest BCUT2D eigenvalue weighted by Gasteiger charge is -2.06. The molecule has 0 fully saturated rings. The molecule has 6 nitrogen and oxygen atoms in total. The molecule has 4 rings (SSSR count). The highest BCUT2D eigenvalue weighted by molar-refractivity contribution is 8.00. The van der Waals surface area contributed by atoms with Crippen molar-refractivity contribution in [1.82, 2.24) is 15.2 Å². The van der Waals surface area contributed by atoms with Crippen LogP contribution in [0.3, 0.4) is 0 Å². The molecule has 2 aromatic carbocycles. The molecule has 2 aromatic heterocycles. The third-order valence-corrected chi connectivity index (χ3v) is 5.24. The molecule has 0 spiro atoms. The van der Waals surface area contributed by atoms with Crippen LogP contribution in [-0.4, -0.2) is 26.2 Å². The van der Waals surface area contributed by atoms with Gasteiger partial charge < -0.3 is 14.1 Å². The normalized spacial score (nSPS) is 12.2. The highest BCUT2D eigenvalue weighted by Gasteiger charge is 2.22. The number of nitrogens with one attached hydrogen (secondary N) is 1. The molecule has 0 radical (unpaired) electrons. The predicted molar refractivity (Wildman–Crippen MR) is 108 cm³/mol. The smallest absolute Gasteiger partial charge is 0.277 e. The molecule has 0 unspecified atom stereocenters. The van der Waals surface area contributed by atoms with E-state index < -0.39 is 0 Å². The number of aryl methyl sites for hydroxylation is 1. The highest BCUT2D eigenvalue weighted by atomic mass is 32.2. The van der Waals surface area contributed by atoms with Crippen LogP contribution in [0.15, 0.2) is 64.4 Å². The minimum absolute atomic E-state index is 0.0122. The van der Waals surface area contributed by atoms with Gasteiger partial charge in [0.05, 0.1) is 5.25 Å². The Bertz CT molecular complexity index is 1120. The van der Waals surface area contributed by atoms with E-state index in [2.05, 4.69) is 15.2 Å². The van der Waals surface area contributed by atoms with Gasteiger partial charge in [-0.15, -0.1) is 10.2 Å². The molecule has 0 saturated heterocycles. The van der Waals surface area contributed by atoms with Crippen LogP contribution >= 0.6 is 11.8 Å². The van der Waals surface area contributed by atoms with Crippen LogP contribution in [0.1, 0.15) is 28.7 Å². The molecule has 0 amide bonds. The fourth-order valence-corrected chi connectivity index (χ4v) is 3.66. The number of H-pyrrole nitrogens is 1. The van der Waals surface area contributed by atoms with Crippen molar-refractivity contribution in [3.8, 4) is 5.75 Å². The molecular weight excluding hydrogens is 374 g/mol. The van der Waals surface area contributed by atoms with E-state index in [0.717, 1.165) is 22.2 Å². The Morgan fingerprint density at radius 2 is 2.07 bits per heavy atom. The number of para-hydroxylation sites is 1. The van der Waals surface area contributed by atoms with Crippen LogP contribution in [0, 0.1) is 6.92 Å². The molecule has 28 heavy (non-hydrogen) atoms. The minimum atomic E-state index is -0.356. The lowest BCUT2D eigenvalue weighted by Crippen LogP contribution is -2.13. The third kappa shape index (κ3) is 3.94. The Labute approximate surface area is 166 Å². The van der Waals surface area contributed by atoms with E-state index in [1.807, 2.05) is 62.4 Å². The molecule has 142 valence electrons. The zero-order valence-corrected chi connectivity index (χ0v) is 16.3. The predicted octanol–water partition coefficient (Wildman–Crippen LogP) is 4.80. The molecule has 1 N–H and O–H groups in total. The van der Waals surface area contributed by atoms with E-state index in [9.17, 15) is 4.79 Å². The van der Waals surface area contributed by atoms with Gasteiger partial charge in [0, 0.05) is 22.7 Å². The molecule has 0 bridgehead atoms. The van der Waals surface area contributed by atoms with Crippen LogP contribution in [0.2, 0.25) is 0 Å². The van der Waals surface area contributed by atoms with Crippen molar-refractivity contribution in [1.29, 1.82) is 0 Å². The number of ketones is 1. The first-order valence-electron chi connectivity index (χ1n) is 8.89. The zero-order chi connectivity index (χ0) is 19.5. The maximum Gasteiger partial charge on any atom is 0.277 e. The van der Waals surface area contributed by atoms with Crippen LogP contribution in [0.5, 0.6) is 5.75 Å². The first-order valence-corrected chi connectivity index (χ1v) is 9.77. The van der Waals surface area contributed by atoms with E-state index >= 15 is 0 Å². The average Bonchev–Trinajstić information content (AvgIpc) is 3.32. The lowest BCUT2D eigenvalue weighted by atomic mass is 10.1. The minimum Gasteiger partial charge on any atom is -0.484 e. The number of Topliss-reactive ketones (excluding diaryl/α,β-unsaturated/α-hetero) is 1. The summed E-state index contributed by atoms with van der Waals surface area (Å²) in [5.74, 6) is 1.13. The van der Waals surface area contributed by atoms with E-state index in [-0.39, 0.29) is 17.6 Å². The van der Waals surface area contributed by atoms with Crippen molar-refractivity contribution >= 4 is 28.4 Å². The quantitative estimate of drug-likeness (QED) is 0.359. The topological polar surface area (TPSA) is 81.0 Å². The second-order valence-corrected chi connectivity index (χ2v) is 7.73. The van der Waals surface area contributed by atoms with Crippen molar-refractivity contribution in [2.45, 2.75) is 30.9 Å². The molecule has 1 atom stereocenters. The van der Waals surface area contributed by atoms with Crippen molar-refractivity contribution in [3.05, 3.63) is 71.7 Å². The summed E-state index contributed by atoms with van der Waals surface area (Å²) in [7, 11) is 0. The summed E-state index contributed by atoms with van der Waals surface area (Å²) < 4.78 is 11.3. The molecule has 0 aliphatic heterocycles. The van der Waals surface area contributed by atoms with Crippen molar-refractivity contribution in [2.75, 3.05) is 0 Å². The van der Waals surface area contributed by atoms with Gasteiger partial charge in [-0.3, -0.25) is 4.79 Å². The second-order valence-electron chi connectivity index (χ2n) is 6.44. The number of aromatic amines is 1. The zero-order valence-electron chi connectivity index (χ0n) is 15.5. The van der Waals surface area contributed by atoms with Crippen LogP contribution in [0.25, 0.3) is 10.9 Å². The first kappa shape index (κ1) is 18.3. The van der Waals surface area contributed by atoms with Gasteiger partial charge in [0.25, 0.3) is 11.1 Å². The Hall–Kier alpha value is -3.06. The SMILES string of the molecule is Cc1cccc(OCc2nnc(S[C@H](C)C(=O)c3c[nH]c4ccccc34)o2)c1. The van der Waals surface area contributed by atoms with Gasteiger partial charge in [0.15, 0.2) is 12.4 Å². The Morgan fingerprint density at radius 1 is 1.21 bits per heavy atom. The molecule has 0 aliphatic rings. The number of ether oxygens (including phenoxy) is 1. The Morgan fingerprint density at radius 3 is 2.93 bits per heavy atom. The Balaban J connectivity index is 1.39. The van der Waals surface area contributed by atoms with Gasteiger partial charge in [-0.05, 0) is 37.6 Å². The van der Waals surface area contributed by atoms with E-state index in [4.69, 9.17) is 9.15 Å². The fraction of sp³-hybridized carbons (Fsp3) is 0.190. The number of nitrogens with zero attached hydrogens (tertiary/aromatic N) is 2. The summed E-state index contributed by atoms with van der Waals surface area (Å²) in [4.78, 5) is 15.9. The summed E-state index contributed by atoms with van der Waals surface area (Å²) in [5.41, 5.74) is 2.72. The number of aromatic nitrogens is 3. The van der Waals surface area contributed by atoms with Crippen molar-refractivity contribution < 1.29 is 13.9 Å². The maximum atomic E-state index is 12.8. The van der Waals surface area contributed by atoms with Crippen molar-refractivity contribution in [2.24, 2.45) is 0 Å². The average molecular weight is 393 g/mol. The highest BCUT2D eigenvalue weighted by Crippen LogP contribution is 2.27. The van der Waals surface area contributed by atoms with E-state index in [1.165, 1.54) is 11.8 Å². The lowest BCUT2D eigenvalue weighted by molar-refractivity contribution is 0.0995. The van der Waals surface area contributed by atoms with Gasteiger partial charge in [0.2, 0.25) is 0 Å². The van der Waals surface area contributed by atoms with Gasteiger partial charge in [-0.25, -0.2) is 0 Å². The summed E-state index contributed by atoms with van der Waals surface area (Å²) >= 11 is 1.24. The van der Waals surface area contributed by atoms with Crippen LogP contribution in [0.4, 0.5) is 0 Å². The van der Waals surface area contributed by atoms with E-state index in [1.54, 1.807) is 6.20 Å². The number of carbonyl (C=O) groups excluding carboxylic acids is 1. The maximum absolute atomic E-state index is 12.8. The van der Waals surface area contributed by atoms with Gasteiger partial charge in [-0.2, -0.15) is 0 Å². The van der Waals surface area contributed by atoms with Gasteiger partial charge in [0.1, 0.15) is 5.75 Å². The molecule has 0 saturated carbocycles. The fourth-order valence-electron chi connectivity index (χ4n) is 2.89. The van der Waals surface area contributed by atoms with Gasteiger partial charge >= 0.3 is 0 Å². The number of carbonyl (C=O) groups is 1.